The third-order valence-corrected chi connectivity index (χ3v) is 0.943. The van der Waals surface area contributed by atoms with Gasteiger partial charge in [0.25, 0.3) is 0 Å². The van der Waals surface area contributed by atoms with Crippen molar-refractivity contribution in [1.82, 2.24) is 0 Å². The van der Waals surface area contributed by atoms with E-state index in [9.17, 15) is 4.79 Å². The first-order chi connectivity index (χ1) is 4.95. The van der Waals surface area contributed by atoms with E-state index in [-0.39, 0.29) is 13.2 Å². The van der Waals surface area contributed by atoms with Gasteiger partial charge in [0.05, 0.1) is 6.61 Å². The highest BCUT2D eigenvalue weighted by Crippen LogP contribution is 2.25. The monoisotopic (exact) mass is 220 g/mol. The lowest BCUT2D eigenvalue weighted by molar-refractivity contribution is 0.0605. The first-order valence-corrected chi connectivity index (χ1v) is 3.95. The summed E-state index contributed by atoms with van der Waals surface area (Å²) in [6.45, 7) is 1.58. The predicted molar refractivity (Wildman–Crippen MR) is 43.3 cm³/mol. The Kier molecular flexibility index (Phi) is 4.97. The van der Waals surface area contributed by atoms with Gasteiger partial charge in [0.1, 0.15) is 6.61 Å². The molecule has 11 heavy (non-hydrogen) atoms. The maximum absolute atomic E-state index is 10.5. The van der Waals surface area contributed by atoms with E-state index in [0.717, 1.165) is 0 Å². The van der Waals surface area contributed by atoms with Crippen LogP contribution < -0.4 is 0 Å². The van der Waals surface area contributed by atoms with E-state index >= 15 is 0 Å². The van der Waals surface area contributed by atoms with E-state index in [0.29, 0.717) is 0 Å². The maximum Gasteiger partial charge on any atom is 0.508 e. The van der Waals surface area contributed by atoms with Gasteiger partial charge in [0.2, 0.25) is 3.79 Å². The molecule has 0 rings (SSSR count). The van der Waals surface area contributed by atoms with Gasteiger partial charge in [-0.1, -0.05) is 34.8 Å². The van der Waals surface area contributed by atoms with Gasteiger partial charge in [-0.25, -0.2) is 4.79 Å². The second kappa shape index (κ2) is 4.91. The Morgan fingerprint density at radius 3 is 2.27 bits per heavy atom. The quantitative estimate of drug-likeness (QED) is 0.531. The predicted octanol–water partition coefficient (Wildman–Crippen LogP) is 2.53. The van der Waals surface area contributed by atoms with E-state index in [1.165, 1.54) is 0 Å². The van der Waals surface area contributed by atoms with Crippen molar-refractivity contribution in [3.8, 4) is 0 Å². The molecule has 0 aromatic rings. The van der Waals surface area contributed by atoms with Gasteiger partial charge >= 0.3 is 6.16 Å². The van der Waals surface area contributed by atoms with Crippen molar-refractivity contribution in [3.63, 3.8) is 0 Å². The largest absolute Gasteiger partial charge is 0.508 e. The summed E-state index contributed by atoms with van der Waals surface area (Å²) < 4.78 is 7.21. The molecule has 0 radical (unpaired) electrons. The number of hydrogen-bond donors (Lipinski definition) is 0. The van der Waals surface area contributed by atoms with Crippen molar-refractivity contribution in [2.24, 2.45) is 0 Å². The molecule has 0 aliphatic rings. The highest BCUT2D eigenvalue weighted by molar-refractivity contribution is 6.67. The summed E-state index contributed by atoms with van der Waals surface area (Å²) in [6.07, 6.45) is -0.834. The second-order valence-corrected chi connectivity index (χ2v) is 4.10. The van der Waals surface area contributed by atoms with Crippen molar-refractivity contribution in [3.05, 3.63) is 0 Å². The standard InChI is InChI=1S/C5H7Cl3O3/c1-2-10-4(9)11-3-5(6,7)8/h2-3H2,1H3. The molecule has 0 amide bonds. The van der Waals surface area contributed by atoms with Crippen molar-refractivity contribution in [2.45, 2.75) is 10.7 Å². The first kappa shape index (κ1) is 11.1. The molecule has 6 heteroatoms. The van der Waals surface area contributed by atoms with Gasteiger partial charge in [-0.3, -0.25) is 0 Å². The molecule has 0 aromatic carbocycles. The molecule has 0 saturated carbocycles. The molecule has 0 aliphatic carbocycles. The Bertz CT molecular complexity index is 131. The smallest absolute Gasteiger partial charge is 0.435 e. The Balaban J connectivity index is 3.46. The fourth-order valence-corrected chi connectivity index (χ4v) is 0.464. The highest BCUT2D eigenvalue weighted by Gasteiger charge is 2.22. The normalized spacial score (nSPS) is 10.9. The van der Waals surface area contributed by atoms with Gasteiger partial charge in [0, 0.05) is 0 Å². The minimum absolute atomic E-state index is 0.235. The van der Waals surface area contributed by atoms with E-state index < -0.39 is 9.95 Å². The van der Waals surface area contributed by atoms with Crippen LogP contribution in [0.5, 0.6) is 0 Å². The van der Waals surface area contributed by atoms with Crippen LogP contribution in [-0.2, 0) is 9.47 Å². The van der Waals surface area contributed by atoms with Crippen LogP contribution in [0.25, 0.3) is 0 Å². The van der Waals surface area contributed by atoms with Crippen molar-refractivity contribution in [1.29, 1.82) is 0 Å². The summed E-state index contributed by atoms with van der Waals surface area (Å²) in [5.74, 6) is 0. The Hall–Kier alpha value is 0.140. The molecular weight excluding hydrogens is 214 g/mol. The molecule has 0 unspecified atom stereocenters. The lowest BCUT2D eigenvalue weighted by Gasteiger charge is -2.10. The highest BCUT2D eigenvalue weighted by atomic mass is 35.6. The molecule has 0 saturated heterocycles. The van der Waals surface area contributed by atoms with Gasteiger partial charge < -0.3 is 9.47 Å². The topological polar surface area (TPSA) is 35.5 Å². The van der Waals surface area contributed by atoms with E-state index in [2.05, 4.69) is 9.47 Å². The Labute approximate surface area is 79.5 Å². The van der Waals surface area contributed by atoms with Crippen LogP contribution in [0.3, 0.4) is 0 Å². The SMILES string of the molecule is CCOC(=O)OCC(Cl)(Cl)Cl. The zero-order valence-corrected chi connectivity index (χ0v) is 8.04. The number of alkyl halides is 3. The maximum atomic E-state index is 10.5. The lowest BCUT2D eigenvalue weighted by Crippen LogP contribution is -2.17. The third kappa shape index (κ3) is 8.04. The first-order valence-electron chi connectivity index (χ1n) is 2.82. The minimum atomic E-state index is -1.58. The molecule has 0 atom stereocenters. The van der Waals surface area contributed by atoms with Crippen molar-refractivity contribution in [2.75, 3.05) is 13.2 Å². The minimum Gasteiger partial charge on any atom is -0.435 e. The summed E-state index contributed by atoms with van der Waals surface area (Å²) in [5.41, 5.74) is 0. The number of carbonyl (C=O) groups is 1. The number of rotatable bonds is 2. The Morgan fingerprint density at radius 1 is 1.36 bits per heavy atom. The van der Waals surface area contributed by atoms with Crippen LogP contribution in [0, 0.1) is 0 Å². The molecule has 3 nitrogen and oxygen atoms in total. The molecular formula is C5H7Cl3O3. The van der Waals surface area contributed by atoms with Crippen LogP contribution in [-0.4, -0.2) is 23.2 Å². The zero-order valence-electron chi connectivity index (χ0n) is 5.77. The summed E-state index contributed by atoms with van der Waals surface area (Å²) in [6, 6.07) is 0. The van der Waals surface area contributed by atoms with Crippen LogP contribution in [0.1, 0.15) is 6.92 Å². The van der Waals surface area contributed by atoms with E-state index in [4.69, 9.17) is 34.8 Å². The average Bonchev–Trinajstić information content (AvgIpc) is 1.83. The molecule has 0 bridgehead atoms. The van der Waals surface area contributed by atoms with Crippen LogP contribution in [0.4, 0.5) is 4.79 Å². The number of carbonyl (C=O) groups excluding carboxylic acids is 1. The molecule has 0 aromatic heterocycles. The fraction of sp³-hybridized carbons (Fsp3) is 0.800. The zero-order chi connectivity index (χ0) is 8.91. The van der Waals surface area contributed by atoms with Crippen LogP contribution in [0.2, 0.25) is 0 Å². The average molecular weight is 221 g/mol. The summed E-state index contributed by atoms with van der Waals surface area (Å²) in [4.78, 5) is 10.5. The fourth-order valence-electron chi connectivity index (χ4n) is 0.300. The number of hydrogen-bond acceptors (Lipinski definition) is 3. The lowest BCUT2D eigenvalue weighted by atomic mass is 10.8. The van der Waals surface area contributed by atoms with Crippen LogP contribution in [0.15, 0.2) is 0 Å². The molecule has 0 N–H and O–H groups in total. The molecule has 0 spiro atoms. The van der Waals surface area contributed by atoms with Gasteiger partial charge in [0.15, 0.2) is 0 Å². The Morgan fingerprint density at radius 2 is 1.91 bits per heavy atom. The molecule has 0 aliphatic heterocycles. The van der Waals surface area contributed by atoms with Gasteiger partial charge in [-0.2, -0.15) is 0 Å². The summed E-state index contributed by atoms with van der Waals surface area (Å²) in [5, 5.41) is 0. The van der Waals surface area contributed by atoms with Gasteiger partial charge in [-0.05, 0) is 6.92 Å². The number of ether oxygens (including phenoxy) is 2. The van der Waals surface area contributed by atoms with Gasteiger partial charge in [-0.15, -0.1) is 0 Å². The molecule has 0 heterocycles. The number of halogens is 3. The van der Waals surface area contributed by atoms with Crippen LogP contribution >= 0.6 is 34.8 Å². The summed E-state index contributed by atoms with van der Waals surface area (Å²) in [7, 11) is 0. The third-order valence-electron chi connectivity index (χ3n) is 0.616. The summed E-state index contributed by atoms with van der Waals surface area (Å²) >= 11 is 15.8. The molecule has 66 valence electrons. The van der Waals surface area contributed by atoms with Crippen molar-refractivity contribution < 1.29 is 14.3 Å². The second-order valence-electron chi connectivity index (χ2n) is 1.59. The van der Waals surface area contributed by atoms with E-state index in [1.807, 2.05) is 0 Å². The van der Waals surface area contributed by atoms with Crippen molar-refractivity contribution >= 4 is 41.0 Å². The molecule has 0 fully saturated rings. The van der Waals surface area contributed by atoms with E-state index in [1.54, 1.807) is 6.92 Å².